The topological polar surface area (TPSA) is 93.2 Å². The van der Waals surface area contributed by atoms with E-state index in [1.807, 2.05) is 0 Å². The molecule has 0 bridgehead atoms. The number of nitrogens with two attached hydrogens (primary N) is 1. The highest BCUT2D eigenvalue weighted by Crippen LogP contribution is 2.12. The van der Waals surface area contributed by atoms with Gasteiger partial charge in [0.25, 0.3) is 0 Å². The number of carbonyl (C=O) groups is 2. The summed E-state index contributed by atoms with van der Waals surface area (Å²) in [6, 6.07) is 10.0. The molecule has 0 aromatic heterocycles. The normalized spacial score (nSPS) is 11.2. The van der Waals surface area contributed by atoms with Gasteiger partial charge in [-0.25, -0.2) is 0 Å². The van der Waals surface area contributed by atoms with Gasteiger partial charge >= 0.3 is 5.97 Å². The van der Waals surface area contributed by atoms with Crippen LogP contribution in [0.5, 0.6) is 0 Å². The lowest BCUT2D eigenvalue weighted by atomic mass is 10.0. The lowest BCUT2D eigenvalue weighted by Gasteiger charge is -2.05. The Morgan fingerprint density at radius 1 is 1.32 bits per heavy atom. The average molecular weight is 258 g/mol. The van der Waals surface area contributed by atoms with Crippen LogP contribution in [0.3, 0.4) is 0 Å². The van der Waals surface area contributed by atoms with E-state index in [9.17, 15) is 9.59 Å². The highest BCUT2D eigenvalue weighted by atomic mass is 16.5. The van der Waals surface area contributed by atoms with Gasteiger partial charge in [-0.05, 0) is 6.92 Å². The van der Waals surface area contributed by atoms with Crippen LogP contribution in [0.1, 0.15) is 23.7 Å². The van der Waals surface area contributed by atoms with Crippen LogP contribution in [0, 0.1) is 11.3 Å². The molecule has 1 aromatic rings. The second-order valence-corrected chi connectivity index (χ2v) is 3.69. The van der Waals surface area contributed by atoms with Crippen molar-refractivity contribution in [3.63, 3.8) is 0 Å². The number of ketones is 1. The maximum absolute atomic E-state index is 12.0. The zero-order valence-electron chi connectivity index (χ0n) is 10.6. The van der Waals surface area contributed by atoms with Gasteiger partial charge in [-0.15, -0.1) is 0 Å². The summed E-state index contributed by atoms with van der Waals surface area (Å²) in [7, 11) is 0. The van der Waals surface area contributed by atoms with E-state index in [4.69, 9.17) is 15.7 Å². The first kappa shape index (κ1) is 14.5. The Labute approximate surface area is 111 Å². The molecule has 98 valence electrons. The summed E-state index contributed by atoms with van der Waals surface area (Å²) in [5.41, 5.74) is 5.69. The Bertz CT molecular complexity index is 542. The van der Waals surface area contributed by atoms with Crippen LogP contribution in [-0.2, 0) is 9.53 Å². The van der Waals surface area contributed by atoms with Crippen molar-refractivity contribution in [2.45, 2.75) is 13.3 Å². The smallest absolute Gasteiger partial charge is 0.311 e. The Balaban J connectivity index is 2.97. The first-order valence-electron chi connectivity index (χ1n) is 5.74. The first-order valence-corrected chi connectivity index (χ1v) is 5.74. The molecule has 0 atom stereocenters. The minimum atomic E-state index is -0.561. The van der Waals surface area contributed by atoms with E-state index in [1.54, 1.807) is 43.3 Å². The number of esters is 1. The average Bonchev–Trinajstić information content (AvgIpc) is 2.40. The molecule has 0 heterocycles. The van der Waals surface area contributed by atoms with Gasteiger partial charge in [0.15, 0.2) is 0 Å². The number of nitriles is 1. The number of nitrogens with zero attached hydrogens (tertiary/aromatic N) is 1. The molecule has 0 amide bonds. The third-order valence-corrected chi connectivity index (χ3v) is 2.34. The third-order valence-electron chi connectivity index (χ3n) is 2.34. The maximum Gasteiger partial charge on any atom is 0.311 e. The van der Waals surface area contributed by atoms with Crippen molar-refractivity contribution in [1.82, 2.24) is 0 Å². The summed E-state index contributed by atoms with van der Waals surface area (Å²) in [6.07, 6.45) is -0.269. The van der Waals surface area contributed by atoms with E-state index >= 15 is 0 Å². The number of hydrogen-bond acceptors (Lipinski definition) is 5. The van der Waals surface area contributed by atoms with Crippen LogP contribution >= 0.6 is 0 Å². The Hall–Kier alpha value is -2.61. The van der Waals surface area contributed by atoms with Gasteiger partial charge in [0.05, 0.1) is 13.0 Å². The van der Waals surface area contributed by atoms with Crippen molar-refractivity contribution in [2.75, 3.05) is 6.61 Å². The van der Waals surface area contributed by atoms with Crippen molar-refractivity contribution in [3.8, 4) is 6.07 Å². The molecule has 2 N–H and O–H groups in total. The second kappa shape index (κ2) is 6.97. The number of carbonyl (C=O) groups excluding carboxylic acids is 2. The van der Waals surface area contributed by atoms with Crippen LogP contribution in [0.4, 0.5) is 0 Å². The predicted octanol–water partition coefficient (Wildman–Crippen LogP) is 1.56. The molecule has 19 heavy (non-hydrogen) atoms. The maximum atomic E-state index is 12.0. The molecule has 0 spiro atoms. The fourth-order valence-electron chi connectivity index (χ4n) is 1.46. The van der Waals surface area contributed by atoms with Gasteiger partial charge in [0.1, 0.15) is 11.6 Å². The van der Waals surface area contributed by atoms with E-state index in [0.29, 0.717) is 5.56 Å². The van der Waals surface area contributed by atoms with Crippen LogP contribution in [-0.4, -0.2) is 18.4 Å². The Kier molecular flexibility index (Phi) is 5.30. The minimum absolute atomic E-state index is 0.0743. The van der Waals surface area contributed by atoms with Gasteiger partial charge in [-0.2, -0.15) is 5.26 Å². The zero-order valence-corrected chi connectivity index (χ0v) is 10.6. The van der Waals surface area contributed by atoms with Crippen molar-refractivity contribution in [1.29, 1.82) is 5.26 Å². The molecule has 0 saturated heterocycles. The zero-order chi connectivity index (χ0) is 14.3. The van der Waals surface area contributed by atoms with Crippen LogP contribution in [0.25, 0.3) is 0 Å². The van der Waals surface area contributed by atoms with Gasteiger partial charge in [-0.3, -0.25) is 9.59 Å². The monoisotopic (exact) mass is 258 g/mol. The summed E-state index contributed by atoms with van der Waals surface area (Å²) in [6.45, 7) is 1.89. The molecular weight excluding hydrogens is 244 g/mol. The third kappa shape index (κ3) is 3.96. The van der Waals surface area contributed by atoms with Gasteiger partial charge in [-0.1, -0.05) is 30.3 Å². The van der Waals surface area contributed by atoms with Crippen molar-refractivity contribution >= 4 is 11.8 Å². The number of allylic oxidation sites excluding steroid dienone is 1. The molecule has 0 saturated carbocycles. The second-order valence-electron chi connectivity index (χ2n) is 3.69. The Morgan fingerprint density at radius 2 is 1.95 bits per heavy atom. The lowest BCUT2D eigenvalue weighted by Crippen LogP contribution is -2.15. The number of rotatable bonds is 5. The van der Waals surface area contributed by atoms with E-state index in [2.05, 4.69) is 0 Å². The molecule has 0 aliphatic heterocycles. The molecule has 5 heteroatoms. The van der Waals surface area contributed by atoms with E-state index in [1.165, 1.54) is 0 Å². The molecule has 1 rings (SSSR count). The molecule has 5 nitrogen and oxygen atoms in total. The number of hydrogen-bond donors (Lipinski definition) is 1. The highest BCUT2D eigenvalue weighted by Gasteiger charge is 2.17. The molecule has 1 aromatic carbocycles. The summed E-state index contributed by atoms with van der Waals surface area (Å²) in [5, 5.41) is 9.01. The van der Waals surface area contributed by atoms with E-state index in [0.717, 1.165) is 0 Å². The Morgan fingerprint density at radius 3 is 2.47 bits per heavy atom. The van der Waals surface area contributed by atoms with Crippen molar-refractivity contribution in [2.24, 2.45) is 5.73 Å². The number of benzene rings is 1. The molecule has 0 fully saturated rings. The fraction of sp³-hybridized carbons (Fsp3) is 0.214. The van der Waals surface area contributed by atoms with Crippen LogP contribution < -0.4 is 5.73 Å². The quantitative estimate of drug-likeness (QED) is 0.374. The van der Waals surface area contributed by atoms with Gasteiger partial charge < -0.3 is 10.5 Å². The molecule has 0 radical (unpaired) electrons. The number of ether oxygens (including phenoxy) is 1. The summed E-state index contributed by atoms with van der Waals surface area (Å²) >= 11 is 0. The summed E-state index contributed by atoms with van der Waals surface area (Å²) in [4.78, 5) is 23.3. The fourth-order valence-corrected chi connectivity index (χ4v) is 1.46. The number of Topliss-reactive ketones (excluding diaryl/α,β-unsaturated/α-hetero) is 1. The summed E-state index contributed by atoms with van der Waals surface area (Å²) in [5.74, 6) is -1.06. The van der Waals surface area contributed by atoms with Crippen LogP contribution in [0.15, 0.2) is 41.6 Å². The van der Waals surface area contributed by atoms with Crippen molar-refractivity contribution in [3.05, 3.63) is 47.2 Å². The molecular formula is C14H14N2O3. The highest BCUT2D eigenvalue weighted by molar-refractivity contribution is 6.11. The van der Waals surface area contributed by atoms with E-state index in [-0.39, 0.29) is 24.3 Å². The summed E-state index contributed by atoms with van der Waals surface area (Å²) < 4.78 is 4.72. The molecule has 0 unspecified atom stereocenters. The SMILES string of the molecule is CCOC(=O)CC(N)=C(C#N)C(=O)c1ccccc1. The lowest BCUT2D eigenvalue weighted by molar-refractivity contribution is -0.142. The largest absolute Gasteiger partial charge is 0.466 e. The van der Waals surface area contributed by atoms with E-state index < -0.39 is 11.8 Å². The molecule has 0 aliphatic carbocycles. The first-order chi connectivity index (χ1) is 9.10. The van der Waals surface area contributed by atoms with Gasteiger partial charge in [0.2, 0.25) is 5.78 Å². The van der Waals surface area contributed by atoms with Crippen LogP contribution in [0.2, 0.25) is 0 Å². The van der Waals surface area contributed by atoms with Crippen molar-refractivity contribution < 1.29 is 14.3 Å². The minimum Gasteiger partial charge on any atom is -0.466 e. The van der Waals surface area contributed by atoms with Gasteiger partial charge in [0, 0.05) is 11.3 Å². The predicted molar refractivity (Wildman–Crippen MR) is 68.8 cm³/mol. The standard InChI is InChI=1S/C14H14N2O3/c1-2-19-13(17)8-12(16)11(9-15)14(18)10-6-4-3-5-7-10/h3-7H,2,8,16H2,1H3. The molecule has 0 aliphatic rings.